The molecular formula is C12H13ClN6O2. The van der Waals surface area contributed by atoms with Crippen molar-refractivity contribution in [2.75, 3.05) is 17.9 Å². The number of nitrogens with two attached hydrogens (primary N) is 1. The highest BCUT2D eigenvalue weighted by molar-refractivity contribution is 6.33. The van der Waals surface area contributed by atoms with E-state index in [0.29, 0.717) is 11.6 Å². The van der Waals surface area contributed by atoms with E-state index in [9.17, 15) is 4.79 Å². The lowest BCUT2D eigenvalue weighted by Gasteiger charge is -2.07. The molecule has 9 heteroatoms. The maximum Gasteiger partial charge on any atom is 0.259 e. The Hall–Kier alpha value is -2.45. The fraction of sp³-hybridized carbons (Fsp3) is 0.167. The molecule has 2 heterocycles. The number of hydrogen-bond donors (Lipinski definition) is 3. The van der Waals surface area contributed by atoms with Crippen LogP contribution in [0.5, 0.6) is 5.88 Å². The number of rotatable bonds is 4. The number of carbonyl (C=O) groups excluding carboxylic acids is 1. The van der Waals surface area contributed by atoms with Gasteiger partial charge in [0.05, 0.1) is 17.7 Å². The van der Waals surface area contributed by atoms with Gasteiger partial charge in [-0.2, -0.15) is 4.98 Å². The Labute approximate surface area is 125 Å². The first kappa shape index (κ1) is 14.9. The number of aromatic nitrogens is 3. The van der Waals surface area contributed by atoms with E-state index in [-0.39, 0.29) is 22.4 Å². The van der Waals surface area contributed by atoms with Gasteiger partial charge in [-0.1, -0.05) is 11.6 Å². The van der Waals surface area contributed by atoms with E-state index in [4.69, 9.17) is 22.2 Å². The molecule has 0 unspecified atom stereocenters. The van der Waals surface area contributed by atoms with Crippen LogP contribution in [0.3, 0.4) is 0 Å². The predicted molar refractivity (Wildman–Crippen MR) is 78.3 cm³/mol. The second-order valence-corrected chi connectivity index (χ2v) is 4.44. The Morgan fingerprint density at radius 1 is 1.38 bits per heavy atom. The molecule has 2 aromatic heterocycles. The number of aryl methyl sites for hydroxylation is 1. The molecule has 0 saturated heterocycles. The van der Waals surface area contributed by atoms with Gasteiger partial charge in [0.25, 0.3) is 5.91 Å². The summed E-state index contributed by atoms with van der Waals surface area (Å²) < 4.78 is 5.01. The summed E-state index contributed by atoms with van der Waals surface area (Å²) in [4.78, 5) is 24.1. The third-order valence-corrected chi connectivity index (χ3v) is 2.79. The van der Waals surface area contributed by atoms with Crippen molar-refractivity contribution in [1.82, 2.24) is 15.0 Å². The molecule has 2 aromatic rings. The first-order valence-corrected chi connectivity index (χ1v) is 6.24. The zero-order chi connectivity index (χ0) is 15.4. The van der Waals surface area contributed by atoms with Crippen LogP contribution in [0.4, 0.5) is 11.8 Å². The van der Waals surface area contributed by atoms with E-state index < -0.39 is 5.91 Å². The van der Waals surface area contributed by atoms with Crippen LogP contribution in [-0.2, 0) is 0 Å². The zero-order valence-electron chi connectivity index (χ0n) is 11.3. The van der Waals surface area contributed by atoms with Crippen LogP contribution in [0, 0.1) is 6.92 Å². The number of pyridine rings is 1. The van der Waals surface area contributed by atoms with Crippen molar-refractivity contribution in [3.05, 3.63) is 34.6 Å². The lowest BCUT2D eigenvalue weighted by atomic mass is 10.2. The molecule has 0 fully saturated rings. The van der Waals surface area contributed by atoms with Gasteiger partial charge < -0.3 is 10.2 Å². The number of ether oxygens (including phenoxy) is 1. The molecule has 110 valence electrons. The van der Waals surface area contributed by atoms with Gasteiger partial charge in [0, 0.05) is 18.0 Å². The van der Waals surface area contributed by atoms with E-state index in [1.807, 2.05) is 0 Å². The second-order valence-electron chi connectivity index (χ2n) is 4.03. The molecule has 8 nitrogen and oxygen atoms in total. The average molecular weight is 309 g/mol. The van der Waals surface area contributed by atoms with Crippen LogP contribution in [0.1, 0.15) is 16.1 Å². The van der Waals surface area contributed by atoms with E-state index in [0.717, 1.165) is 0 Å². The van der Waals surface area contributed by atoms with Crippen molar-refractivity contribution in [1.29, 1.82) is 0 Å². The minimum atomic E-state index is -0.444. The topological polar surface area (TPSA) is 115 Å². The summed E-state index contributed by atoms with van der Waals surface area (Å²) >= 11 is 5.91. The molecule has 1 amide bonds. The van der Waals surface area contributed by atoms with Crippen LogP contribution in [0.25, 0.3) is 0 Å². The quantitative estimate of drug-likeness (QED) is 0.577. The highest BCUT2D eigenvalue weighted by Gasteiger charge is 2.12. The summed E-state index contributed by atoms with van der Waals surface area (Å²) in [5, 5.41) is 2.78. The highest BCUT2D eigenvalue weighted by Crippen LogP contribution is 2.19. The third-order valence-electron chi connectivity index (χ3n) is 2.51. The van der Waals surface area contributed by atoms with Crippen LogP contribution >= 0.6 is 11.6 Å². The van der Waals surface area contributed by atoms with Crippen LogP contribution in [0.15, 0.2) is 18.3 Å². The number of nitrogens with one attached hydrogen (secondary N) is 2. The Bertz CT molecular complexity index is 679. The maximum absolute atomic E-state index is 12.1. The smallest absolute Gasteiger partial charge is 0.259 e. The van der Waals surface area contributed by atoms with Crippen molar-refractivity contribution in [2.45, 2.75) is 6.92 Å². The van der Waals surface area contributed by atoms with Gasteiger partial charge in [0.1, 0.15) is 0 Å². The third kappa shape index (κ3) is 3.56. The van der Waals surface area contributed by atoms with Gasteiger partial charge in [-0.25, -0.2) is 15.8 Å². The highest BCUT2D eigenvalue weighted by atomic mass is 35.5. The maximum atomic E-state index is 12.1. The van der Waals surface area contributed by atoms with Crippen molar-refractivity contribution in [2.24, 2.45) is 5.84 Å². The van der Waals surface area contributed by atoms with Gasteiger partial charge >= 0.3 is 0 Å². The number of nitrogen functional groups attached to an aromatic ring is 1. The normalized spacial score (nSPS) is 10.1. The van der Waals surface area contributed by atoms with Crippen LogP contribution in [0.2, 0.25) is 5.02 Å². The van der Waals surface area contributed by atoms with Crippen molar-refractivity contribution < 1.29 is 9.53 Å². The molecule has 2 rings (SSSR count). The average Bonchev–Trinajstić information content (AvgIpc) is 2.46. The Morgan fingerprint density at radius 3 is 2.76 bits per heavy atom. The monoisotopic (exact) mass is 308 g/mol. The standard InChI is InChI=1S/C12H13ClN6O2/c1-6-3-9(21-2)17-12(16-6)18-11(20)7-4-8(13)10(19-14)15-5-7/h3-5H,14H2,1-2H3,(H,15,19)(H,16,17,18,20). The molecule has 0 radical (unpaired) electrons. The van der Waals surface area contributed by atoms with Gasteiger partial charge in [0.15, 0.2) is 5.82 Å². The lowest BCUT2D eigenvalue weighted by Crippen LogP contribution is -2.16. The van der Waals surface area contributed by atoms with Gasteiger partial charge in [0.2, 0.25) is 11.8 Å². The second kappa shape index (κ2) is 6.33. The van der Waals surface area contributed by atoms with E-state index in [1.165, 1.54) is 19.4 Å². The summed E-state index contributed by atoms with van der Waals surface area (Å²) in [5.41, 5.74) is 3.23. The minimum Gasteiger partial charge on any atom is -0.481 e. The molecule has 0 aliphatic rings. The number of methoxy groups -OCH3 is 1. The number of hydrazine groups is 1. The van der Waals surface area contributed by atoms with Crippen molar-refractivity contribution >= 4 is 29.3 Å². The molecule has 0 aromatic carbocycles. The van der Waals surface area contributed by atoms with Gasteiger partial charge in [-0.3, -0.25) is 10.1 Å². The Morgan fingerprint density at radius 2 is 2.14 bits per heavy atom. The molecule has 0 atom stereocenters. The number of hydrogen-bond acceptors (Lipinski definition) is 7. The first-order chi connectivity index (χ1) is 10.0. The summed E-state index contributed by atoms with van der Waals surface area (Å²) in [6.45, 7) is 1.76. The molecule has 0 aliphatic carbocycles. The first-order valence-electron chi connectivity index (χ1n) is 5.86. The molecule has 0 spiro atoms. The fourth-order valence-corrected chi connectivity index (χ4v) is 1.76. The summed E-state index contributed by atoms with van der Waals surface area (Å²) in [7, 11) is 1.48. The van der Waals surface area contributed by atoms with Crippen molar-refractivity contribution in [3.63, 3.8) is 0 Å². The predicted octanol–water partition coefficient (Wildman–Crippen LogP) is 1.38. The molecular weight excluding hydrogens is 296 g/mol. The largest absolute Gasteiger partial charge is 0.481 e. The zero-order valence-corrected chi connectivity index (χ0v) is 12.1. The number of nitrogens with zero attached hydrogens (tertiary/aromatic N) is 3. The van der Waals surface area contributed by atoms with E-state index in [2.05, 4.69) is 25.7 Å². The molecule has 0 aliphatic heterocycles. The summed E-state index contributed by atoms with van der Waals surface area (Å²) in [6, 6.07) is 3.09. The Kier molecular flexibility index (Phi) is 4.51. The molecule has 0 saturated carbocycles. The number of halogens is 1. The summed E-state index contributed by atoms with van der Waals surface area (Å²) in [6.07, 6.45) is 1.34. The van der Waals surface area contributed by atoms with E-state index >= 15 is 0 Å². The fourth-order valence-electron chi connectivity index (χ4n) is 1.54. The van der Waals surface area contributed by atoms with Crippen LogP contribution < -0.4 is 21.3 Å². The van der Waals surface area contributed by atoms with E-state index in [1.54, 1.807) is 13.0 Å². The number of carbonyl (C=O) groups is 1. The SMILES string of the molecule is COc1cc(C)nc(NC(=O)c2cnc(NN)c(Cl)c2)n1. The Balaban J connectivity index is 2.21. The minimum absolute atomic E-state index is 0.133. The number of amides is 1. The van der Waals surface area contributed by atoms with Gasteiger partial charge in [-0.15, -0.1) is 0 Å². The van der Waals surface area contributed by atoms with Crippen LogP contribution in [-0.4, -0.2) is 28.0 Å². The van der Waals surface area contributed by atoms with Gasteiger partial charge in [-0.05, 0) is 13.0 Å². The lowest BCUT2D eigenvalue weighted by molar-refractivity contribution is 0.102. The molecule has 4 N–H and O–H groups in total. The van der Waals surface area contributed by atoms with Crippen molar-refractivity contribution in [3.8, 4) is 5.88 Å². The molecule has 0 bridgehead atoms. The number of anilines is 2. The summed E-state index contributed by atoms with van der Waals surface area (Å²) in [5.74, 6) is 5.54. The molecule has 21 heavy (non-hydrogen) atoms.